The Kier molecular flexibility index (Phi) is 3.78. The number of hydrogen-bond donors (Lipinski definition) is 2. The highest BCUT2D eigenvalue weighted by molar-refractivity contribution is 9.10. The molecule has 0 spiro atoms. The lowest BCUT2D eigenvalue weighted by Gasteiger charge is -2.06. The van der Waals surface area contributed by atoms with Gasteiger partial charge in [0.05, 0.1) is 5.56 Å². The lowest BCUT2D eigenvalue weighted by atomic mass is 10.2. The molecule has 1 amide bonds. The van der Waals surface area contributed by atoms with Crippen LogP contribution >= 0.6 is 27.5 Å². The molecular weight excluding hydrogens is 320 g/mol. The summed E-state index contributed by atoms with van der Waals surface area (Å²) in [5.74, 6) is -0.00970. The third-order valence-corrected chi connectivity index (χ3v) is 3.00. The van der Waals surface area contributed by atoms with Gasteiger partial charge in [-0.25, -0.2) is 0 Å². The zero-order valence-electron chi connectivity index (χ0n) is 9.02. The van der Waals surface area contributed by atoms with Crippen LogP contribution in [0.5, 0.6) is 0 Å². The van der Waals surface area contributed by atoms with E-state index in [0.29, 0.717) is 21.5 Å². The molecule has 18 heavy (non-hydrogen) atoms. The molecule has 2 aromatic rings. The minimum Gasteiger partial charge on any atom is -0.399 e. The Balaban J connectivity index is 2.21. The second kappa shape index (κ2) is 5.32. The van der Waals surface area contributed by atoms with Crippen molar-refractivity contribution < 1.29 is 4.79 Å². The number of nitrogen functional groups attached to an aromatic ring is 1. The number of anilines is 2. The van der Waals surface area contributed by atoms with Crippen LogP contribution in [0.2, 0.25) is 5.15 Å². The van der Waals surface area contributed by atoms with E-state index in [-0.39, 0.29) is 11.1 Å². The lowest BCUT2D eigenvalue weighted by molar-refractivity contribution is 0.102. The average molecular weight is 328 g/mol. The number of rotatable bonds is 2. The number of carbonyl (C=O) groups is 1. The molecule has 1 heterocycles. The van der Waals surface area contributed by atoms with Crippen LogP contribution in [0.3, 0.4) is 0 Å². The number of nitrogens with zero attached hydrogens (tertiary/aromatic N) is 2. The van der Waals surface area contributed by atoms with Gasteiger partial charge in [-0.2, -0.15) is 0 Å². The smallest absolute Gasteiger partial charge is 0.258 e. The van der Waals surface area contributed by atoms with Crippen molar-refractivity contribution in [3.63, 3.8) is 0 Å². The number of amides is 1. The van der Waals surface area contributed by atoms with Crippen LogP contribution in [0.25, 0.3) is 0 Å². The van der Waals surface area contributed by atoms with Crippen LogP contribution in [-0.2, 0) is 0 Å². The summed E-state index contributed by atoms with van der Waals surface area (Å²) in [6, 6.07) is 8.08. The van der Waals surface area contributed by atoms with Gasteiger partial charge in [-0.3, -0.25) is 4.79 Å². The molecule has 0 unspecified atom stereocenters. The number of aromatic nitrogens is 2. The van der Waals surface area contributed by atoms with E-state index in [1.807, 2.05) is 0 Å². The molecule has 0 aliphatic carbocycles. The minimum absolute atomic E-state index is 0.262. The molecular formula is C11H8BrClN4O. The number of benzene rings is 1. The van der Waals surface area contributed by atoms with E-state index < -0.39 is 0 Å². The van der Waals surface area contributed by atoms with Gasteiger partial charge >= 0.3 is 0 Å². The van der Waals surface area contributed by atoms with Gasteiger partial charge in [0.2, 0.25) is 0 Å². The molecule has 0 fully saturated rings. The largest absolute Gasteiger partial charge is 0.399 e. The fourth-order valence-corrected chi connectivity index (χ4v) is 1.81. The van der Waals surface area contributed by atoms with E-state index in [1.165, 1.54) is 0 Å². The van der Waals surface area contributed by atoms with Crippen molar-refractivity contribution in [2.24, 2.45) is 0 Å². The van der Waals surface area contributed by atoms with Crippen LogP contribution < -0.4 is 11.1 Å². The van der Waals surface area contributed by atoms with Crippen molar-refractivity contribution in [1.82, 2.24) is 10.2 Å². The molecule has 92 valence electrons. The first-order valence-corrected chi connectivity index (χ1v) is 6.09. The summed E-state index contributed by atoms with van der Waals surface area (Å²) < 4.78 is 0.649. The molecule has 0 radical (unpaired) electrons. The summed E-state index contributed by atoms with van der Waals surface area (Å²) in [5, 5.41) is 10.2. The van der Waals surface area contributed by atoms with Gasteiger partial charge in [-0.05, 0) is 46.3 Å². The van der Waals surface area contributed by atoms with E-state index in [0.717, 1.165) is 0 Å². The van der Waals surface area contributed by atoms with Crippen molar-refractivity contribution in [2.45, 2.75) is 0 Å². The van der Waals surface area contributed by atoms with Crippen molar-refractivity contribution in [3.8, 4) is 0 Å². The Bertz CT molecular complexity index is 588. The van der Waals surface area contributed by atoms with Gasteiger partial charge in [0.1, 0.15) is 0 Å². The molecule has 2 rings (SSSR count). The first kappa shape index (κ1) is 12.8. The standard InChI is InChI=1S/C11H8BrClN4O/c12-8-2-1-6(14)5-7(8)11(18)15-10-4-3-9(13)16-17-10/h1-5H,14H2,(H,15,17,18). The van der Waals surface area contributed by atoms with Crippen LogP contribution in [0.15, 0.2) is 34.8 Å². The molecule has 0 bridgehead atoms. The van der Waals surface area contributed by atoms with Gasteiger partial charge in [-0.15, -0.1) is 10.2 Å². The average Bonchev–Trinajstić information content (AvgIpc) is 2.35. The molecule has 0 saturated carbocycles. The highest BCUT2D eigenvalue weighted by atomic mass is 79.9. The maximum Gasteiger partial charge on any atom is 0.258 e. The normalized spacial score (nSPS) is 10.1. The van der Waals surface area contributed by atoms with Gasteiger partial charge in [-0.1, -0.05) is 11.6 Å². The second-order valence-electron chi connectivity index (χ2n) is 3.43. The number of nitrogens with one attached hydrogen (secondary N) is 1. The SMILES string of the molecule is Nc1ccc(Br)c(C(=O)Nc2ccc(Cl)nn2)c1. The Morgan fingerprint density at radius 1 is 1.28 bits per heavy atom. The summed E-state index contributed by atoms with van der Waals surface area (Å²) in [6.07, 6.45) is 0. The zero-order chi connectivity index (χ0) is 13.1. The number of nitrogens with two attached hydrogens (primary N) is 1. The summed E-state index contributed by atoms with van der Waals surface area (Å²) >= 11 is 8.88. The molecule has 0 atom stereocenters. The van der Waals surface area contributed by atoms with Crippen LogP contribution in [-0.4, -0.2) is 16.1 Å². The lowest BCUT2D eigenvalue weighted by Crippen LogP contribution is -2.14. The van der Waals surface area contributed by atoms with Crippen molar-refractivity contribution in [2.75, 3.05) is 11.1 Å². The first-order chi connectivity index (χ1) is 8.56. The Morgan fingerprint density at radius 3 is 2.72 bits per heavy atom. The summed E-state index contributed by atoms with van der Waals surface area (Å²) in [5.41, 5.74) is 6.56. The Hall–Kier alpha value is -1.66. The Labute approximate surface area is 116 Å². The highest BCUT2D eigenvalue weighted by Crippen LogP contribution is 2.20. The number of halogens is 2. The summed E-state index contributed by atoms with van der Waals surface area (Å²) in [4.78, 5) is 12.0. The predicted octanol–water partition coefficient (Wildman–Crippen LogP) is 2.73. The highest BCUT2D eigenvalue weighted by Gasteiger charge is 2.11. The maximum absolute atomic E-state index is 12.0. The van der Waals surface area contributed by atoms with Crippen LogP contribution in [0.1, 0.15) is 10.4 Å². The molecule has 0 aliphatic rings. The molecule has 1 aromatic carbocycles. The minimum atomic E-state index is -0.328. The quantitative estimate of drug-likeness (QED) is 0.831. The molecule has 7 heteroatoms. The van der Waals surface area contributed by atoms with Gasteiger partial charge in [0.15, 0.2) is 11.0 Å². The fourth-order valence-electron chi connectivity index (χ4n) is 1.28. The number of hydrogen-bond acceptors (Lipinski definition) is 4. The van der Waals surface area contributed by atoms with E-state index in [2.05, 4.69) is 31.4 Å². The first-order valence-electron chi connectivity index (χ1n) is 4.92. The van der Waals surface area contributed by atoms with Crippen LogP contribution in [0, 0.1) is 0 Å². The van der Waals surface area contributed by atoms with E-state index in [4.69, 9.17) is 17.3 Å². The molecule has 3 N–H and O–H groups in total. The molecule has 5 nitrogen and oxygen atoms in total. The monoisotopic (exact) mass is 326 g/mol. The zero-order valence-corrected chi connectivity index (χ0v) is 11.4. The third-order valence-electron chi connectivity index (χ3n) is 2.11. The fraction of sp³-hybridized carbons (Fsp3) is 0. The summed E-state index contributed by atoms with van der Waals surface area (Å²) in [7, 11) is 0. The van der Waals surface area contributed by atoms with Gasteiger partial charge < -0.3 is 11.1 Å². The predicted molar refractivity (Wildman–Crippen MR) is 73.5 cm³/mol. The topological polar surface area (TPSA) is 80.9 Å². The van der Waals surface area contributed by atoms with Crippen molar-refractivity contribution in [1.29, 1.82) is 0 Å². The summed E-state index contributed by atoms with van der Waals surface area (Å²) in [6.45, 7) is 0. The van der Waals surface area contributed by atoms with E-state index >= 15 is 0 Å². The van der Waals surface area contributed by atoms with Crippen LogP contribution in [0.4, 0.5) is 11.5 Å². The molecule has 0 saturated heterocycles. The molecule has 0 aliphatic heterocycles. The van der Waals surface area contributed by atoms with Crippen molar-refractivity contribution >= 4 is 44.9 Å². The van der Waals surface area contributed by atoms with E-state index in [9.17, 15) is 4.79 Å². The number of carbonyl (C=O) groups excluding carboxylic acids is 1. The molecule has 1 aromatic heterocycles. The van der Waals surface area contributed by atoms with E-state index in [1.54, 1.807) is 30.3 Å². The van der Waals surface area contributed by atoms with Crippen molar-refractivity contribution in [3.05, 3.63) is 45.5 Å². The third kappa shape index (κ3) is 2.96. The second-order valence-corrected chi connectivity index (χ2v) is 4.68. The Morgan fingerprint density at radius 2 is 2.06 bits per heavy atom. The van der Waals surface area contributed by atoms with Gasteiger partial charge in [0, 0.05) is 10.2 Å². The van der Waals surface area contributed by atoms with Gasteiger partial charge in [0.25, 0.3) is 5.91 Å². The maximum atomic E-state index is 12.0.